The Labute approximate surface area is 298 Å². The van der Waals surface area contributed by atoms with E-state index in [4.69, 9.17) is 19.4 Å². The summed E-state index contributed by atoms with van der Waals surface area (Å²) in [5, 5.41) is 0. The van der Waals surface area contributed by atoms with Crippen LogP contribution in [-0.4, -0.2) is 67.2 Å². The number of hydrogen-bond acceptors (Lipinski definition) is 6. The third-order valence-corrected chi connectivity index (χ3v) is 8.21. The maximum Gasteiger partial charge on any atom is 0.410 e. The predicted octanol–water partition coefficient (Wildman–Crippen LogP) is 10.0. The van der Waals surface area contributed by atoms with Crippen LogP contribution in [0.3, 0.4) is 0 Å². The molecule has 2 aromatic carbocycles. The van der Waals surface area contributed by atoms with Crippen LogP contribution in [-0.2, 0) is 9.47 Å². The molecule has 10 heteroatoms. The van der Waals surface area contributed by atoms with E-state index in [2.05, 4.69) is 100 Å². The van der Waals surface area contributed by atoms with Crippen LogP contribution < -0.4 is 0 Å². The van der Waals surface area contributed by atoms with E-state index in [1.165, 1.54) is 0 Å². The molecule has 270 valence electrons. The van der Waals surface area contributed by atoms with Crippen LogP contribution in [0.1, 0.15) is 107 Å². The summed E-state index contributed by atoms with van der Waals surface area (Å²) in [6.45, 7) is 23.7. The summed E-state index contributed by atoms with van der Waals surface area (Å²) in [5.41, 5.74) is 4.11. The summed E-state index contributed by atoms with van der Waals surface area (Å²) >= 11 is 0. The monoisotopic (exact) mass is 684 g/mol. The van der Waals surface area contributed by atoms with Gasteiger partial charge in [0.05, 0.1) is 35.9 Å². The second kappa shape index (κ2) is 14.0. The number of nitrogens with one attached hydrogen (secondary N) is 2. The fourth-order valence-electron chi connectivity index (χ4n) is 6.16. The van der Waals surface area contributed by atoms with Crippen molar-refractivity contribution in [1.82, 2.24) is 29.7 Å². The van der Waals surface area contributed by atoms with Crippen LogP contribution in [0, 0.1) is 10.8 Å². The fraction of sp³-hybridized carbons (Fsp3) is 0.500. The Morgan fingerprint density at radius 3 is 1.08 bits per heavy atom. The Balaban J connectivity index is 1.51. The average Bonchev–Trinajstić information content (AvgIpc) is 3.65. The third-order valence-electron chi connectivity index (χ3n) is 8.21. The first kappa shape index (κ1) is 38.2. The van der Waals surface area contributed by atoms with E-state index in [0.29, 0.717) is 11.6 Å². The first-order chi connectivity index (χ1) is 22.9. The molecular formula is C40H56N6O4. The molecule has 0 aliphatic rings. The highest BCUT2D eigenvalue weighted by Crippen LogP contribution is 2.39. The number of rotatable bonds is 7. The highest BCUT2D eigenvalue weighted by molar-refractivity contribution is 5.72. The second-order valence-electron chi connectivity index (χ2n) is 17.2. The lowest BCUT2D eigenvalue weighted by Gasteiger charge is -2.37. The van der Waals surface area contributed by atoms with E-state index >= 15 is 0 Å². The summed E-state index contributed by atoms with van der Waals surface area (Å²) in [6.07, 6.45) is 2.85. The number of amides is 2. The van der Waals surface area contributed by atoms with E-state index in [1.54, 1.807) is 23.9 Å². The normalized spacial score (nSPS) is 13.8. The summed E-state index contributed by atoms with van der Waals surface area (Å²) in [7, 11) is 3.51. The molecule has 0 saturated heterocycles. The van der Waals surface area contributed by atoms with Crippen LogP contribution >= 0.6 is 0 Å². The molecule has 0 aliphatic carbocycles. The highest BCUT2D eigenvalue weighted by atomic mass is 16.6. The molecule has 0 radical (unpaired) electrons. The molecule has 0 fully saturated rings. The summed E-state index contributed by atoms with van der Waals surface area (Å²) in [4.78, 5) is 45.5. The van der Waals surface area contributed by atoms with Crippen molar-refractivity contribution in [2.45, 2.75) is 106 Å². The van der Waals surface area contributed by atoms with Gasteiger partial charge < -0.3 is 29.2 Å². The number of aromatic nitrogens is 4. The minimum Gasteiger partial charge on any atom is -0.444 e. The zero-order chi connectivity index (χ0) is 37.4. The highest BCUT2D eigenvalue weighted by Gasteiger charge is 2.38. The number of ether oxygens (including phenoxy) is 2. The number of imidazole rings is 2. The standard InChI is InChI=1S/C40H56N6O4/c1-37(2,3)31(45(13)35(47)49-39(7,8)9)33-41-23-29(43-33)27-19-15-25(16-20-27)26-17-21-28(22-18-26)30-24-42-34(44-30)32(38(4,5)6)46(14)36(48)50-40(10,11)12/h15-24,31-32H,1-14H3,(H,41,43)(H,42,44)/t31-,32-/m1/s1. The van der Waals surface area contributed by atoms with Crippen molar-refractivity contribution in [1.29, 1.82) is 0 Å². The maximum absolute atomic E-state index is 13.0. The van der Waals surface area contributed by atoms with Crippen molar-refractivity contribution in [2.24, 2.45) is 10.8 Å². The molecule has 0 bridgehead atoms. The van der Waals surface area contributed by atoms with E-state index < -0.39 is 23.4 Å². The van der Waals surface area contributed by atoms with E-state index in [0.717, 1.165) is 33.6 Å². The lowest BCUT2D eigenvalue weighted by Crippen LogP contribution is -2.41. The van der Waals surface area contributed by atoms with Crippen LogP contribution in [0.2, 0.25) is 0 Å². The smallest absolute Gasteiger partial charge is 0.410 e. The van der Waals surface area contributed by atoms with Crippen molar-refractivity contribution in [3.8, 4) is 33.6 Å². The molecule has 2 N–H and O–H groups in total. The van der Waals surface area contributed by atoms with Gasteiger partial charge in [0.15, 0.2) is 0 Å². The second-order valence-corrected chi connectivity index (χ2v) is 17.2. The minimum atomic E-state index is -0.593. The van der Waals surface area contributed by atoms with Crippen LogP contribution in [0.5, 0.6) is 0 Å². The average molecular weight is 685 g/mol. The largest absolute Gasteiger partial charge is 0.444 e. The quantitative estimate of drug-likeness (QED) is 0.200. The van der Waals surface area contributed by atoms with Gasteiger partial charge in [-0.05, 0) is 74.6 Å². The maximum atomic E-state index is 13.0. The Hall–Kier alpha value is -4.60. The topological polar surface area (TPSA) is 116 Å². The zero-order valence-corrected chi connectivity index (χ0v) is 32.4. The van der Waals surface area contributed by atoms with Crippen molar-refractivity contribution in [3.63, 3.8) is 0 Å². The third kappa shape index (κ3) is 9.34. The fourth-order valence-corrected chi connectivity index (χ4v) is 6.16. The van der Waals surface area contributed by atoms with Crippen molar-refractivity contribution < 1.29 is 19.1 Å². The molecule has 2 heterocycles. The van der Waals surface area contributed by atoms with E-state index in [1.807, 2.05) is 53.9 Å². The first-order valence-corrected chi connectivity index (χ1v) is 17.2. The number of nitrogens with zero attached hydrogens (tertiary/aromatic N) is 4. The molecule has 10 nitrogen and oxygen atoms in total. The molecule has 4 aromatic rings. The molecule has 50 heavy (non-hydrogen) atoms. The van der Waals surface area contributed by atoms with Gasteiger partial charge in [-0.3, -0.25) is 0 Å². The molecule has 0 unspecified atom stereocenters. The van der Waals surface area contributed by atoms with Gasteiger partial charge in [-0.15, -0.1) is 0 Å². The minimum absolute atomic E-state index is 0.292. The van der Waals surface area contributed by atoms with Crippen LogP contribution in [0.25, 0.3) is 33.6 Å². The van der Waals surface area contributed by atoms with Crippen molar-refractivity contribution in [3.05, 3.63) is 72.6 Å². The number of carbonyl (C=O) groups excluding carboxylic acids is 2. The molecule has 0 spiro atoms. The number of carbonyl (C=O) groups is 2. The van der Waals surface area contributed by atoms with Gasteiger partial charge >= 0.3 is 12.2 Å². The Kier molecular flexibility index (Phi) is 10.7. The number of H-pyrrole nitrogens is 2. The van der Waals surface area contributed by atoms with Crippen LogP contribution in [0.4, 0.5) is 9.59 Å². The van der Waals surface area contributed by atoms with E-state index in [9.17, 15) is 9.59 Å². The van der Waals surface area contributed by atoms with Gasteiger partial charge in [-0.1, -0.05) is 90.1 Å². The molecule has 2 aromatic heterocycles. The zero-order valence-electron chi connectivity index (χ0n) is 32.4. The van der Waals surface area contributed by atoms with Gasteiger partial charge in [-0.25, -0.2) is 19.6 Å². The number of hydrogen-bond donors (Lipinski definition) is 2. The SMILES string of the molecule is CN(C(=O)OC(C)(C)C)[C@H](c1ncc(-c2ccc(-c3ccc(-c4cnc([C@@H](N(C)C(=O)OC(C)(C)C)C(C)(C)C)[nH]4)cc3)cc2)[nH]1)C(C)(C)C. The van der Waals surface area contributed by atoms with Crippen LogP contribution in [0.15, 0.2) is 60.9 Å². The van der Waals surface area contributed by atoms with Gasteiger partial charge in [-0.2, -0.15) is 0 Å². The Morgan fingerprint density at radius 1 is 0.540 bits per heavy atom. The molecule has 4 rings (SSSR count). The van der Waals surface area contributed by atoms with Crippen molar-refractivity contribution >= 4 is 12.2 Å². The summed E-state index contributed by atoms with van der Waals surface area (Å²) < 4.78 is 11.3. The van der Waals surface area contributed by atoms with E-state index in [-0.39, 0.29) is 22.9 Å². The van der Waals surface area contributed by atoms with Gasteiger partial charge in [0, 0.05) is 14.1 Å². The molecule has 0 aliphatic heterocycles. The lowest BCUT2D eigenvalue weighted by molar-refractivity contribution is 0.00752. The summed E-state index contributed by atoms with van der Waals surface area (Å²) in [5.74, 6) is 1.40. The molecule has 2 atom stereocenters. The predicted molar refractivity (Wildman–Crippen MR) is 199 cm³/mol. The molecule has 0 saturated carbocycles. The Bertz CT molecular complexity index is 1630. The molecular weight excluding hydrogens is 628 g/mol. The van der Waals surface area contributed by atoms with Gasteiger partial charge in [0.2, 0.25) is 0 Å². The number of aromatic amines is 2. The first-order valence-electron chi connectivity index (χ1n) is 17.2. The number of benzene rings is 2. The lowest BCUT2D eigenvalue weighted by atomic mass is 9.85. The van der Waals surface area contributed by atoms with Gasteiger partial charge in [0.25, 0.3) is 0 Å². The van der Waals surface area contributed by atoms with Gasteiger partial charge in [0.1, 0.15) is 22.9 Å². The molecule has 2 amide bonds. The summed E-state index contributed by atoms with van der Waals surface area (Å²) in [6, 6.07) is 16.0. The van der Waals surface area contributed by atoms with Crippen molar-refractivity contribution in [2.75, 3.05) is 14.1 Å². The Morgan fingerprint density at radius 2 is 0.820 bits per heavy atom.